The van der Waals surface area contributed by atoms with Crippen LogP contribution in [0.3, 0.4) is 0 Å². The van der Waals surface area contributed by atoms with Crippen molar-refractivity contribution in [1.29, 1.82) is 0 Å². The monoisotopic (exact) mass is 449 g/mol. The minimum atomic E-state index is -3.82. The third kappa shape index (κ3) is 2.71. The van der Waals surface area contributed by atoms with E-state index in [1.54, 1.807) is 6.07 Å². The van der Waals surface area contributed by atoms with E-state index < -0.39 is 21.6 Å². The molecule has 2 N–H and O–H groups in total. The van der Waals surface area contributed by atoms with Gasteiger partial charge in [0.1, 0.15) is 5.52 Å². The number of benzene rings is 1. The van der Waals surface area contributed by atoms with Crippen molar-refractivity contribution in [2.45, 2.75) is 18.4 Å². The van der Waals surface area contributed by atoms with Crippen LogP contribution in [0.15, 0.2) is 16.6 Å². The largest absolute Gasteiger partial charge is 0.314 e. The van der Waals surface area contributed by atoms with E-state index in [1.807, 2.05) is 0 Å². The summed E-state index contributed by atoms with van der Waals surface area (Å²) in [4.78, 5) is 8.09. The van der Waals surface area contributed by atoms with Crippen LogP contribution in [0.1, 0.15) is 12.8 Å². The van der Waals surface area contributed by atoms with E-state index in [9.17, 15) is 12.8 Å². The molecule has 1 aromatic heterocycles. The molecule has 0 aliphatic carbocycles. The van der Waals surface area contributed by atoms with Crippen LogP contribution in [0.25, 0.3) is 10.9 Å². The lowest BCUT2D eigenvalue weighted by atomic mass is 9.90. The second-order valence-electron chi connectivity index (χ2n) is 6.17. The Morgan fingerprint density at radius 3 is 2.84 bits per heavy atom. The molecule has 25 heavy (non-hydrogen) atoms. The van der Waals surface area contributed by atoms with E-state index in [4.69, 9.17) is 11.6 Å². The maximum atomic E-state index is 14.5. The molecule has 2 aliphatic heterocycles. The highest BCUT2D eigenvalue weighted by molar-refractivity contribution is 9.10. The first kappa shape index (κ1) is 17.3. The van der Waals surface area contributed by atoms with Gasteiger partial charge < -0.3 is 5.32 Å². The minimum Gasteiger partial charge on any atom is -0.314 e. The fourth-order valence-corrected chi connectivity index (χ4v) is 5.64. The molecule has 2 saturated heterocycles. The van der Waals surface area contributed by atoms with Gasteiger partial charge in [0.15, 0.2) is 11.6 Å². The van der Waals surface area contributed by atoms with Crippen molar-refractivity contribution in [3.05, 3.63) is 27.7 Å². The molecular formula is C14H14BrClFN5O2S. The highest BCUT2D eigenvalue weighted by Gasteiger charge is 2.51. The number of anilines is 1. The number of rotatable bonds is 1. The van der Waals surface area contributed by atoms with Crippen LogP contribution in [0.4, 0.5) is 10.2 Å². The summed E-state index contributed by atoms with van der Waals surface area (Å²) >= 11 is 9.09. The molecule has 4 rings (SSSR count). The number of nitrogens with zero attached hydrogens (tertiary/aromatic N) is 3. The SMILES string of the molecule is O=S1(=O)NCC2(CCCNC2)N1c1nc(Cl)nc2c(F)c(Br)ccc12. The van der Waals surface area contributed by atoms with Crippen LogP contribution in [0, 0.1) is 5.82 Å². The molecule has 2 aliphatic rings. The third-order valence-corrected chi connectivity index (χ3v) is 6.94. The quantitative estimate of drug-likeness (QED) is 0.649. The van der Waals surface area contributed by atoms with Gasteiger partial charge in [0.25, 0.3) is 0 Å². The molecule has 0 radical (unpaired) electrons. The summed E-state index contributed by atoms with van der Waals surface area (Å²) in [6.45, 7) is 1.55. The zero-order chi connectivity index (χ0) is 17.8. The first-order chi connectivity index (χ1) is 11.8. The number of hydrogen-bond acceptors (Lipinski definition) is 5. The predicted molar refractivity (Wildman–Crippen MR) is 96.4 cm³/mol. The highest BCUT2D eigenvalue weighted by atomic mass is 79.9. The molecule has 0 saturated carbocycles. The second kappa shape index (κ2) is 5.98. The van der Waals surface area contributed by atoms with Crippen LogP contribution < -0.4 is 14.3 Å². The topological polar surface area (TPSA) is 87.2 Å². The Labute approximate surface area is 157 Å². The van der Waals surface area contributed by atoms with Crippen molar-refractivity contribution < 1.29 is 12.8 Å². The van der Waals surface area contributed by atoms with Crippen LogP contribution in [-0.2, 0) is 10.2 Å². The van der Waals surface area contributed by atoms with E-state index in [0.717, 1.165) is 13.0 Å². The molecule has 2 aromatic rings. The molecule has 1 unspecified atom stereocenters. The molecule has 3 heterocycles. The van der Waals surface area contributed by atoms with Gasteiger partial charge in [0.05, 0.1) is 10.0 Å². The lowest BCUT2D eigenvalue weighted by Gasteiger charge is -2.39. The van der Waals surface area contributed by atoms with Crippen LogP contribution in [-0.4, -0.2) is 43.6 Å². The number of fused-ring (bicyclic) bond motifs is 1. The maximum absolute atomic E-state index is 14.5. The molecule has 0 bridgehead atoms. The normalized spacial score (nSPS) is 25.8. The molecule has 1 spiro atoms. The number of halogens is 3. The van der Waals surface area contributed by atoms with Crippen LogP contribution >= 0.6 is 27.5 Å². The fourth-order valence-electron chi connectivity index (χ4n) is 3.48. The molecule has 2 fully saturated rings. The van der Waals surface area contributed by atoms with E-state index >= 15 is 0 Å². The van der Waals surface area contributed by atoms with Crippen molar-refractivity contribution in [2.24, 2.45) is 0 Å². The average molecular weight is 451 g/mol. The summed E-state index contributed by atoms with van der Waals surface area (Å²) in [5, 5.41) is 3.32. The van der Waals surface area contributed by atoms with E-state index in [1.165, 1.54) is 10.4 Å². The third-order valence-electron chi connectivity index (χ3n) is 4.61. The molecule has 1 aromatic carbocycles. The summed E-state index contributed by atoms with van der Waals surface area (Å²) < 4.78 is 44.0. The Kier molecular flexibility index (Phi) is 4.15. The Morgan fingerprint density at radius 1 is 1.32 bits per heavy atom. The van der Waals surface area contributed by atoms with Gasteiger partial charge in [-0.1, -0.05) is 0 Å². The maximum Gasteiger partial charge on any atom is 0.303 e. The highest BCUT2D eigenvalue weighted by Crippen LogP contribution is 2.39. The number of nitrogens with one attached hydrogen (secondary N) is 2. The Hall–Kier alpha value is -1.07. The predicted octanol–water partition coefficient (Wildman–Crippen LogP) is 1.96. The zero-order valence-corrected chi connectivity index (χ0v) is 16.0. The molecule has 7 nitrogen and oxygen atoms in total. The van der Waals surface area contributed by atoms with Gasteiger partial charge in [0, 0.05) is 18.5 Å². The first-order valence-corrected chi connectivity index (χ1v) is 10.3. The summed E-state index contributed by atoms with van der Waals surface area (Å²) in [7, 11) is -3.82. The lowest BCUT2D eigenvalue weighted by molar-refractivity contribution is 0.335. The van der Waals surface area contributed by atoms with Crippen molar-refractivity contribution in [2.75, 3.05) is 23.9 Å². The number of hydrogen-bond donors (Lipinski definition) is 2. The van der Waals surface area contributed by atoms with E-state index in [2.05, 4.69) is 35.9 Å². The zero-order valence-electron chi connectivity index (χ0n) is 12.9. The van der Waals surface area contributed by atoms with E-state index in [0.29, 0.717) is 18.4 Å². The Balaban J connectivity index is 2.00. The Morgan fingerprint density at radius 2 is 2.12 bits per heavy atom. The van der Waals surface area contributed by atoms with Crippen molar-refractivity contribution in [3.63, 3.8) is 0 Å². The summed E-state index contributed by atoms with van der Waals surface area (Å²) in [6, 6.07) is 3.09. The van der Waals surface area contributed by atoms with Gasteiger partial charge in [-0.25, -0.2) is 13.7 Å². The summed E-state index contributed by atoms with van der Waals surface area (Å²) in [6.07, 6.45) is 1.48. The van der Waals surface area contributed by atoms with Gasteiger partial charge in [0.2, 0.25) is 5.28 Å². The molecule has 1 atom stereocenters. The van der Waals surface area contributed by atoms with Gasteiger partial charge in [-0.3, -0.25) is 0 Å². The van der Waals surface area contributed by atoms with E-state index in [-0.39, 0.29) is 27.6 Å². The van der Waals surface area contributed by atoms with Gasteiger partial charge in [-0.05, 0) is 59.1 Å². The van der Waals surface area contributed by atoms with Crippen molar-refractivity contribution in [3.8, 4) is 0 Å². The first-order valence-electron chi connectivity index (χ1n) is 7.66. The smallest absolute Gasteiger partial charge is 0.303 e. The molecule has 134 valence electrons. The molecule has 11 heteroatoms. The standard InChI is InChI=1S/C14H14BrClFN5O2S/c15-9-3-2-8-11(10(9)17)20-13(16)21-12(8)22-14(4-1-5-18-6-14)7-19-25(22,23)24/h2-3,18-19H,1,4-7H2. The lowest BCUT2D eigenvalue weighted by Crippen LogP contribution is -2.57. The van der Waals surface area contributed by atoms with Gasteiger partial charge in [-0.15, -0.1) is 0 Å². The van der Waals surface area contributed by atoms with Crippen LogP contribution in [0.5, 0.6) is 0 Å². The average Bonchev–Trinajstić information content (AvgIpc) is 2.82. The van der Waals surface area contributed by atoms with Gasteiger partial charge >= 0.3 is 10.2 Å². The molecular weight excluding hydrogens is 437 g/mol. The second-order valence-corrected chi connectivity index (χ2v) is 8.97. The van der Waals surface area contributed by atoms with Crippen LogP contribution in [0.2, 0.25) is 5.28 Å². The fraction of sp³-hybridized carbons (Fsp3) is 0.429. The summed E-state index contributed by atoms with van der Waals surface area (Å²) in [5.41, 5.74) is -0.726. The van der Waals surface area contributed by atoms with Crippen molar-refractivity contribution in [1.82, 2.24) is 20.0 Å². The summed E-state index contributed by atoms with van der Waals surface area (Å²) in [5.74, 6) is -0.515. The number of piperidine rings is 1. The minimum absolute atomic E-state index is 0.0228. The Bertz CT molecular complexity index is 967. The van der Waals surface area contributed by atoms with Gasteiger partial charge in [-0.2, -0.15) is 18.1 Å². The number of aromatic nitrogens is 2. The molecule has 0 amide bonds. The van der Waals surface area contributed by atoms with Crippen molar-refractivity contribution >= 4 is 54.5 Å².